The maximum atomic E-state index is 13.1. The fourth-order valence-electron chi connectivity index (χ4n) is 5.36. The number of esters is 1. The average Bonchev–Trinajstić information content (AvgIpc) is 3.68. The highest BCUT2D eigenvalue weighted by atomic mass is 35.5. The van der Waals surface area contributed by atoms with Gasteiger partial charge in [-0.2, -0.15) is 0 Å². The molecule has 41 heavy (non-hydrogen) atoms. The number of thiophene rings is 1. The Labute approximate surface area is 253 Å². The Morgan fingerprint density at radius 1 is 1.17 bits per heavy atom. The number of carbonyl (C=O) groups is 2. The first kappa shape index (κ1) is 29.8. The third-order valence-electron chi connectivity index (χ3n) is 7.57. The Morgan fingerprint density at radius 2 is 2.02 bits per heavy atom. The van der Waals surface area contributed by atoms with Crippen molar-refractivity contribution >= 4 is 57.1 Å². The van der Waals surface area contributed by atoms with Gasteiger partial charge in [-0.3, -0.25) is 24.7 Å². The number of aromatic nitrogens is 3. The van der Waals surface area contributed by atoms with E-state index in [0.29, 0.717) is 35.8 Å². The lowest BCUT2D eigenvalue weighted by molar-refractivity contribution is -0.143. The van der Waals surface area contributed by atoms with E-state index in [1.54, 1.807) is 17.5 Å². The highest BCUT2D eigenvalue weighted by Gasteiger charge is 2.27. The van der Waals surface area contributed by atoms with Crippen molar-refractivity contribution in [2.24, 2.45) is 0 Å². The molecule has 2 aliphatic heterocycles. The number of hydrogen-bond acceptors (Lipinski definition) is 11. The largest absolute Gasteiger partial charge is 0.466 e. The number of amides is 1. The Balaban J connectivity index is 1.22. The number of thiazole rings is 1. The molecular weight excluding hydrogens is 582 g/mol. The molecule has 1 N–H and O–H groups in total. The summed E-state index contributed by atoms with van der Waals surface area (Å²) in [6.07, 6.45) is 5.96. The highest BCUT2D eigenvalue weighted by Crippen LogP contribution is 2.37. The predicted molar refractivity (Wildman–Crippen MR) is 164 cm³/mol. The molecule has 2 atom stereocenters. The number of ether oxygens (including phenoxy) is 1. The van der Waals surface area contributed by atoms with E-state index in [0.717, 1.165) is 54.0 Å². The molecule has 0 radical (unpaired) electrons. The molecule has 3 aromatic heterocycles. The van der Waals surface area contributed by atoms with E-state index in [4.69, 9.17) is 21.3 Å². The number of piperazine rings is 1. The lowest BCUT2D eigenvalue weighted by Gasteiger charge is -2.40. The molecular formula is C28H36ClN7O3S2. The molecule has 2 fully saturated rings. The Bertz CT molecular complexity index is 1350. The molecule has 0 spiro atoms. The van der Waals surface area contributed by atoms with Crippen molar-refractivity contribution in [1.29, 1.82) is 0 Å². The van der Waals surface area contributed by atoms with E-state index in [1.807, 2.05) is 18.4 Å². The van der Waals surface area contributed by atoms with Crippen molar-refractivity contribution in [1.82, 2.24) is 24.8 Å². The number of nitrogens with zero attached hydrogens (tertiary/aromatic N) is 6. The summed E-state index contributed by atoms with van der Waals surface area (Å²) in [6, 6.07) is 2.64. The smallest absolute Gasteiger partial charge is 0.307 e. The number of nitrogens with one attached hydrogen (secondary N) is 1. The number of hydrogen-bond donors (Lipinski definition) is 1. The molecule has 2 saturated heterocycles. The summed E-state index contributed by atoms with van der Waals surface area (Å²) in [6.45, 7) is 11.5. The Morgan fingerprint density at radius 3 is 2.68 bits per heavy atom. The second-order valence-corrected chi connectivity index (χ2v) is 12.9. The maximum Gasteiger partial charge on any atom is 0.307 e. The molecule has 10 nitrogen and oxygen atoms in total. The zero-order valence-corrected chi connectivity index (χ0v) is 26.0. The van der Waals surface area contributed by atoms with E-state index < -0.39 is 0 Å². The van der Waals surface area contributed by atoms with Crippen LogP contribution < -0.4 is 10.2 Å². The van der Waals surface area contributed by atoms with Gasteiger partial charge in [-0.25, -0.2) is 15.0 Å². The minimum Gasteiger partial charge on any atom is -0.466 e. The lowest BCUT2D eigenvalue weighted by Crippen LogP contribution is -2.52. The summed E-state index contributed by atoms with van der Waals surface area (Å²) < 4.78 is 5.04. The zero-order chi connectivity index (χ0) is 28.9. The molecule has 0 bridgehead atoms. The molecule has 0 aliphatic carbocycles. The third kappa shape index (κ3) is 7.42. The van der Waals surface area contributed by atoms with E-state index in [2.05, 4.69) is 43.8 Å². The highest BCUT2D eigenvalue weighted by molar-refractivity contribution is 7.17. The van der Waals surface area contributed by atoms with Gasteiger partial charge in [0, 0.05) is 55.1 Å². The molecule has 220 valence electrons. The van der Waals surface area contributed by atoms with Crippen molar-refractivity contribution in [3.8, 4) is 10.6 Å². The standard InChI is InChI=1S/C28H36ClN7O3S2/c1-4-39-25(37)7-9-34-10-11-36(19(3)15-34)24-14-30-21(13-31-24)27(38)33-28-32-26(22-12-20(29)17-40-22)23(41-28)16-35-8-5-6-18(35)2/h12-14,17-19H,4-11,15-16H2,1-3H3,(H,32,33,38)/t18-,19-/m1/s1. The first-order valence-corrected chi connectivity index (χ1v) is 16.1. The van der Waals surface area contributed by atoms with Crippen LogP contribution in [-0.4, -0.2) is 88.0 Å². The van der Waals surface area contributed by atoms with Crippen LogP contribution in [0.1, 0.15) is 55.4 Å². The van der Waals surface area contributed by atoms with Crippen LogP contribution in [0.5, 0.6) is 0 Å². The van der Waals surface area contributed by atoms with E-state index in [9.17, 15) is 9.59 Å². The first-order chi connectivity index (χ1) is 19.8. The maximum absolute atomic E-state index is 13.1. The second-order valence-electron chi connectivity index (χ2n) is 10.5. The van der Waals surface area contributed by atoms with Crippen molar-refractivity contribution in [3.05, 3.63) is 39.4 Å². The van der Waals surface area contributed by atoms with Crippen LogP contribution in [-0.2, 0) is 16.1 Å². The van der Waals surface area contributed by atoms with Gasteiger partial charge in [0.05, 0.1) is 41.0 Å². The van der Waals surface area contributed by atoms with Crippen LogP contribution in [0.3, 0.4) is 0 Å². The molecule has 0 saturated carbocycles. The summed E-state index contributed by atoms with van der Waals surface area (Å²) in [5.41, 5.74) is 1.11. The molecule has 2 aliphatic rings. The summed E-state index contributed by atoms with van der Waals surface area (Å²) >= 11 is 9.27. The van der Waals surface area contributed by atoms with Crippen molar-refractivity contribution in [2.45, 2.75) is 58.7 Å². The van der Waals surface area contributed by atoms with Crippen molar-refractivity contribution in [3.63, 3.8) is 0 Å². The van der Waals surface area contributed by atoms with Gasteiger partial charge in [0.2, 0.25) is 0 Å². The van der Waals surface area contributed by atoms with Gasteiger partial charge in [0.25, 0.3) is 5.91 Å². The van der Waals surface area contributed by atoms with Gasteiger partial charge in [-0.1, -0.05) is 22.9 Å². The number of rotatable bonds is 10. The molecule has 13 heteroatoms. The van der Waals surface area contributed by atoms with E-state index >= 15 is 0 Å². The lowest BCUT2D eigenvalue weighted by atomic mass is 10.2. The average molecular weight is 618 g/mol. The zero-order valence-electron chi connectivity index (χ0n) is 23.6. The quantitative estimate of drug-likeness (QED) is 0.314. The topological polar surface area (TPSA) is 104 Å². The van der Waals surface area contributed by atoms with Crippen molar-refractivity contribution in [2.75, 3.05) is 49.5 Å². The van der Waals surface area contributed by atoms with Gasteiger partial charge < -0.3 is 9.64 Å². The molecule has 0 unspecified atom stereocenters. The Hall–Kier alpha value is -2.64. The monoisotopic (exact) mass is 617 g/mol. The summed E-state index contributed by atoms with van der Waals surface area (Å²) in [7, 11) is 0. The SMILES string of the molecule is CCOC(=O)CCN1CCN(c2cnc(C(=O)Nc3nc(-c4cc(Cl)cs4)c(CN4CCC[C@H]4C)s3)cn2)[C@H](C)C1. The van der Waals surface area contributed by atoms with Gasteiger partial charge in [0.15, 0.2) is 5.13 Å². The van der Waals surface area contributed by atoms with Gasteiger partial charge in [-0.15, -0.1) is 11.3 Å². The second kappa shape index (κ2) is 13.6. The van der Waals surface area contributed by atoms with E-state index in [1.165, 1.54) is 30.4 Å². The molecule has 5 rings (SSSR count). The number of anilines is 2. The van der Waals surface area contributed by atoms with Gasteiger partial charge in [0.1, 0.15) is 11.5 Å². The minimum atomic E-state index is -0.341. The fraction of sp³-hybridized carbons (Fsp3) is 0.536. The van der Waals surface area contributed by atoms with Crippen molar-refractivity contribution < 1.29 is 14.3 Å². The van der Waals surface area contributed by atoms with E-state index in [-0.39, 0.29) is 23.6 Å². The summed E-state index contributed by atoms with van der Waals surface area (Å²) in [5.74, 6) is 0.225. The molecule has 1 amide bonds. The van der Waals surface area contributed by atoms with Gasteiger partial charge in [-0.05, 0) is 46.2 Å². The van der Waals surface area contributed by atoms with Gasteiger partial charge >= 0.3 is 5.97 Å². The number of carbonyl (C=O) groups excluding carboxylic acids is 2. The van der Waals surface area contributed by atoms with Crippen LogP contribution >= 0.6 is 34.3 Å². The van der Waals surface area contributed by atoms with Crippen LogP contribution in [0.4, 0.5) is 10.9 Å². The van der Waals surface area contributed by atoms with Crippen LogP contribution in [0.15, 0.2) is 23.8 Å². The number of likely N-dealkylation sites (tertiary alicyclic amines) is 1. The molecule has 3 aromatic rings. The summed E-state index contributed by atoms with van der Waals surface area (Å²) in [5, 5.41) is 6.06. The minimum absolute atomic E-state index is 0.162. The van der Waals surface area contributed by atoms with Crippen LogP contribution in [0.25, 0.3) is 10.6 Å². The molecule has 0 aromatic carbocycles. The first-order valence-electron chi connectivity index (χ1n) is 14.1. The predicted octanol–water partition coefficient (Wildman–Crippen LogP) is 5.02. The molecule has 5 heterocycles. The van der Waals surface area contributed by atoms with Crippen LogP contribution in [0, 0.1) is 0 Å². The normalized spacial score (nSPS) is 20.0. The third-order valence-corrected chi connectivity index (χ3v) is 9.81. The summed E-state index contributed by atoms with van der Waals surface area (Å²) in [4.78, 5) is 47.6. The number of halogens is 1. The fourth-order valence-corrected chi connectivity index (χ4v) is 7.51. The Kier molecular flexibility index (Phi) is 9.87. The van der Waals surface area contributed by atoms with Crippen LogP contribution in [0.2, 0.25) is 5.02 Å².